The van der Waals surface area contributed by atoms with Crippen LogP contribution in [0.4, 0.5) is 5.95 Å². The van der Waals surface area contributed by atoms with Gasteiger partial charge in [0.15, 0.2) is 5.95 Å². The zero-order chi connectivity index (χ0) is 9.97. The Morgan fingerprint density at radius 1 is 1.64 bits per heavy atom. The van der Waals surface area contributed by atoms with Gasteiger partial charge < -0.3 is 16.0 Å². The lowest BCUT2D eigenvalue weighted by atomic mass is 9.96. The molecule has 0 saturated carbocycles. The Morgan fingerprint density at radius 3 is 3.29 bits per heavy atom. The Kier molecular flexibility index (Phi) is 2.72. The van der Waals surface area contributed by atoms with Crippen LogP contribution < -0.4 is 11.1 Å². The average Bonchev–Trinajstić information content (AvgIpc) is 2.54. The Bertz CT molecular complexity index is 305. The van der Waals surface area contributed by atoms with Crippen LogP contribution in [0, 0.1) is 0 Å². The van der Waals surface area contributed by atoms with Crippen LogP contribution in [0.1, 0.15) is 31.2 Å². The molecule has 4 N–H and O–H groups in total. The number of nitrogens with two attached hydrogens (primary N) is 1. The predicted octanol–water partition coefficient (Wildman–Crippen LogP) is 0.849. The van der Waals surface area contributed by atoms with E-state index in [1.807, 2.05) is 0 Å². The molecule has 0 unspecified atom stereocenters. The zero-order valence-electron chi connectivity index (χ0n) is 8.64. The summed E-state index contributed by atoms with van der Waals surface area (Å²) in [6.45, 7) is 3.29. The largest absolute Gasteiger partial charge is 0.369 e. The molecule has 1 aromatic heterocycles. The molecule has 1 heterocycles. The van der Waals surface area contributed by atoms with Crippen LogP contribution in [0.25, 0.3) is 0 Å². The van der Waals surface area contributed by atoms with E-state index in [1.54, 1.807) is 0 Å². The second-order valence-corrected chi connectivity index (χ2v) is 3.94. The van der Waals surface area contributed by atoms with Gasteiger partial charge in [0.2, 0.25) is 0 Å². The number of aryl methyl sites for hydroxylation is 1. The first kappa shape index (κ1) is 9.52. The van der Waals surface area contributed by atoms with Gasteiger partial charge in [-0.2, -0.15) is 0 Å². The van der Waals surface area contributed by atoms with Gasteiger partial charge in [0.1, 0.15) is 0 Å². The summed E-state index contributed by atoms with van der Waals surface area (Å²) in [4.78, 5) is 7.40. The SMILES string of the molecule is CCCN[C@@H]1CCc2[nH]c(N)nc2C1. The van der Waals surface area contributed by atoms with Crippen molar-refractivity contribution in [2.24, 2.45) is 0 Å². The van der Waals surface area contributed by atoms with Crippen molar-refractivity contribution in [2.75, 3.05) is 12.3 Å². The Morgan fingerprint density at radius 2 is 2.50 bits per heavy atom. The number of fused-ring (bicyclic) bond motifs is 1. The highest BCUT2D eigenvalue weighted by molar-refractivity contribution is 5.28. The van der Waals surface area contributed by atoms with Crippen LogP contribution in [0.5, 0.6) is 0 Å². The van der Waals surface area contributed by atoms with Crippen molar-refractivity contribution in [3.05, 3.63) is 11.4 Å². The third-order valence-electron chi connectivity index (χ3n) is 2.75. The van der Waals surface area contributed by atoms with E-state index in [2.05, 4.69) is 22.2 Å². The highest BCUT2D eigenvalue weighted by Crippen LogP contribution is 2.19. The summed E-state index contributed by atoms with van der Waals surface area (Å²) in [5, 5.41) is 3.53. The topological polar surface area (TPSA) is 66.7 Å². The molecule has 0 aliphatic heterocycles. The Labute approximate surface area is 84.3 Å². The maximum atomic E-state index is 5.62. The first-order valence-corrected chi connectivity index (χ1v) is 5.36. The third kappa shape index (κ3) is 1.90. The number of anilines is 1. The van der Waals surface area contributed by atoms with Gasteiger partial charge in [-0.05, 0) is 25.8 Å². The lowest BCUT2D eigenvalue weighted by Crippen LogP contribution is -2.35. The number of aromatic amines is 1. The monoisotopic (exact) mass is 194 g/mol. The lowest BCUT2D eigenvalue weighted by Gasteiger charge is -2.22. The fourth-order valence-corrected chi connectivity index (χ4v) is 2.02. The second kappa shape index (κ2) is 4.00. The van der Waals surface area contributed by atoms with Crippen molar-refractivity contribution in [1.82, 2.24) is 15.3 Å². The number of imidazole rings is 1. The maximum absolute atomic E-state index is 5.62. The molecule has 78 valence electrons. The predicted molar refractivity (Wildman–Crippen MR) is 57.1 cm³/mol. The smallest absolute Gasteiger partial charge is 0.197 e. The van der Waals surface area contributed by atoms with E-state index in [0.29, 0.717) is 12.0 Å². The van der Waals surface area contributed by atoms with Crippen molar-refractivity contribution in [1.29, 1.82) is 0 Å². The summed E-state index contributed by atoms with van der Waals surface area (Å²) in [6.07, 6.45) is 4.46. The van der Waals surface area contributed by atoms with E-state index in [1.165, 1.54) is 18.5 Å². The van der Waals surface area contributed by atoms with Gasteiger partial charge in [-0.1, -0.05) is 6.92 Å². The van der Waals surface area contributed by atoms with Crippen LogP contribution in [0.3, 0.4) is 0 Å². The molecule has 14 heavy (non-hydrogen) atoms. The van der Waals surface area contributed by atoms with Crippen molar-refractivity contribution in [2.45, 2.75) is 38.6 Å². The minimum atomic E-state index is 0.561. The molecule has 0 saturated heterocycles. The summed E-state index contributed by atoms with van der Waals surface area (Å²) in [5.74, 6) is 0.561. The Hall–Kier alpha value is -1.03. The summed E-state index contributed by atoms with van der Waals surface area (Å²) in [7, 11) is 0. The van der Waals surface area contributed by atoms with Gasteiger partial charge in [0, 0.05) is 18.2 Å². The summed E-state index contributed by atoms with van der Waals surface area (Å²) in [6, 6.07) is 0.588. The summed E-state index contributed by atoms with van der Waals surface area (Å²) < 4.78 is 0. The number of hydrogen-bond donors (Lipinski definition) is 3. The van der Waals surface area contributed by atoms with Crippen molar-refractivity contribution >= 4 is 5.95 Å². The minimum Gasteiger partial charge on any atom is -0.369 e. The van der Waals surface area contributed by atoms with Crippen LogP contribution in [-0.4, -0.2) is 22.6 Å². The molecule has 4 heteroatoms. The molecule has 1 aliphatic rings. The molecule has 0 bridgehead atoms. The van der Waals surface area contributed by atoms with Gasteiger partial charge in [0.25, 0.3) is 0 Å². The van der Waals surface area contributed by atoms with Gasteiger partial charge >= 0.3 is 0 Å². The molecule has 1 atom stereocenters. The number of rotatable bonds is 3. The van der Waals surface area contributed by atoms with E-state index in [-0.39, 0.29) is 0 Å². The highest BCUT2D eigenvalue weighted by atomic mass is 15.0. The molecular weight excluding hydrogens is 176 g/mol. The first-order valence-electron chi connectivity index (χ1n) is 5.36. The van der Waals surface area contributed by atoms with Gasteiger partial charge in [-0.25, -0.2) is 4.98 Å². The number of nitrogens with zero attached hydrogens (tertiary/aromatic N) is 1. The maximum Gasteiger partial charge on any atom is 0.197 e. The molecule has 2 rings (SSSR count). The zero-order valence-corrected chi connectivity index (χ0v) is 8.64. The molecule has 0 aromatic carbocycles. The molecule has 1 aromatic rings. The standard InChI is InChI=1S/C10H18N4/c1-2-5-12-7-3-4-8-9(6-7)14-10(11)13-8/h7,12H,2-6H2,1H3,(H3,11,13,14)/t7-/m1/s1. The molecule has 0 spiro atoms. The quantitative estimate of drug-likeness (QED) is 0.668. The molecule has 0 radical (unpaired) electrons. The number of hydrogen-bond acceptors (Lipinski definition) is 3. The number of H-pyrrole nitrogens is 1. The van der Waals surface area contributed by atoms with Gasteiger partial charge in [-0.15, -0.1) is 0 Å². The first-order chi connectivity index (χ1) is 6.79. The van der Waals surface area contributed by atoms with Crippen LogP contribution >= 0.6 is 0 Å². The molecule has 0 fully saturated rings. The van der Waals surface area contributed by atoms with Crippen molar-refractivity contribution < 1.29 is 0 Å². The van der Waals surface area contributed by atoms with Crippen LogP contribution in [-0.2, 0) is 12.8 Å². The van der Waals surface area contributed by atoms with E-state index < -0.39 is 0 Å². The number of nitrogen functional groups attached to an aromatic ring is 1. The highest BCUT2D eigenvalue weighted by Gasteiger charge is 2.20. The van der Waals surface area contributed by atoms with Gasteiger partial charge in [-0.3, -0.25) is 0 Å². The Balaban J connectivity index is 1.98. The summed E-state index contributed by atoms with van der Waals surface area (Å²) in [5.41, 5.74) is 8.01. The van der Waals surface area contributed by atoms with Crippen LogP contribution in [0.15, 0.2) is 0 Å². The normalized spacial score (nSPS) is 20.8. The lowest BCUT2D eigenvalue weighted by molar-refractivity contribution is 0.453. The van der Waals surface area contributed by atoms with Gasteiger partial charge in [0.05, 0.1) is 5.69 Å². The van der Waals surface area contributed by atoms with E-state index >= 15 is 0 Å². The van der Waals surface area contributed by atoms with E-state index in [4.69, 9.17) is 5.73 Å². The molecule has 4 nitrogen and oxygen atoms in total. The fraction of sp³-hybridized carbons (Fsp3) is 0.700. The van der Waals surface area contributed by atoms with E-state index in [0.717, 1.165) is 25.1 Å². The average molecular weight is 194 g/mol. The van der Waals surface area contributed by atoms with E-state index in [9.17, 15) is 0 Å². The number of nitrogens with one attached hydrogen (secondary N) is 2. The van der Waals surface area contributed by atoms with Crippen molar-refractivity contribution in [3.63, 3.8) is 0 Å². The fourth-order valence-electron chi connectivity index (χ4n) is 2.02. The molecule has 0 amide bonds. The molecular formula is C10H18N4. The summed E-state index contributed by atoms with van der Waals surface area (Å²) >= 11 is 0. The van der Waals surface area contributed by atoms with Crippen LogP contribution in [0.2, 0.25) is 0 Å². The number of aromatic nitrogens is 2. The third-order valence-corrected chi connectivity index (χ3v) is 2.75. The second-order valence-electron chi connectivity index (χ2n) is 3.94. The molecule has 1 aliphatic carbocycles. The minimum absolute atomic E-state index is 0.561. The van der Waals surface area contributed by atoms with Crippen molar-refractivity contribution in [3.8, 4) is 0 Å².